The molecule has 3 rings (SSSR count). The quantitative estimate of drug-likeness (QED) is 0.803. The molecule has 0 fully saturated rings. The first-order valence-corrected chi connectivity index (χ1v) is 6.35. The summed E-state index contributed by atoms with van der Waals surface area (Å²) in [5.41, 5.74) is 9.22. The van der Waals surface area contributed by atoms with E-state index in [-0.39, 0.29) is 5.75 Å². The Bertz CT molecular complexity index is 781. The highest BCUT2D eigenvalue weighted by Gasteiger charge is 2.13. The summed E-state index contributed by atoms with van der Waals surface area (Å²) in [6.07, 6.45) is 0. The van der Waals surface area contributed by atoms with Gasteiger partial charge in [-0.15, -0.1) is 0 Å². The largest absolute Gasteiger partial charge is 0.435 e. The van der Waals surface area contributed by atoms with Gasteiger partial charge in [-0.2, -0.15) is 8.78 Å². The van der Waals surface area contributed by atoms with Crippen LogP contribution in [-0.2, 0) is 0 Å². The first-order valence-electron chi connectivity index (χ1n) is 6.35. The number of hydrogen-bond donors (Lipinski definition) is 1. The minimum atomic E-state index is -2.83. The third kappa shape index (κ3) is 2.40. The van der Waals surface area contributed by atoms with Crippen molar-refractivity contribution in [1.29, 1.82) is 0 Å². The number of fused-ring (bicyclic) bond motifs is 1. The number of benzene rings is 1. The Morgan fingerprint density at radius 3 is 2.48 bits per heavy atom. The molecule has 0 radical (unpaired) electrons. The molecule has 2 heterocycles. The number of nitrogens with zero attached hydrogens (tertiary/aromatic N) is 2. The van der Waals surface area contributed by atoms with Gasteiger partial charge in [0, 0.05) is 11.3 Å². The molecule has 0 aliphatic rings. The van der Waals surface area contributed by atoms with Crippen molar-refractivity contribution < 1.29 is 13.5 Å². The third-order valence-corrected chi connectivity index (χ3v) is 3.23. The van der Waals surface area contributed by atoms with E-state index in [4.69, 9.17) is 5.73 Å². The Morgan fingerprint density at radius 2 is 1.86 bits per heavy atom. The van der Waals surface area contributed by atoms with Crippen molar-refractivity contribution in [2.75, 3.05) is 5.73 Å². The predicted octanol–water partition coefficient (Wildman–Crippen LogP) is 3.49. The Hall–Kier alpha value is -2.63. The van der Waals surface area contributed by atoms with Crippen molar-refractivity contribution in [2.24, 2.45) is 0 Å². The number of pyridine rings is 1. The maximum atomic E-state index is 12.1. The van der Waals surface area contributed by atoms with Gasteiger partial charge in [-0.3, -0.25) is 4.40 Å². The number of alkyl halides is 2. The van der Waals surface area contributed by atoms with Crippen LogP contribution in [0, 0.1) is 6.92 Å². The first kappa shape index (κ1) is 13.4. The highest BCUT2D eigenvalue weighted by Crippen LogP contribution is 2.29. The van der Waals surface area contributed by atoms with Gasteiger partial charge in [0.2, 0.25) is 0 Å². The van der Waals surface area contributed by atoms with Gasteiger partial charge in [0.05, 0.1) is 0 Å². The van der Waals surface area contributed by atoms with Gasteiger partial charge in [-0.25, -0.2) is 4.98 Å². The van der Waals surface area contributed by atoms with Crippen molar-refractivity contribution in [2.45, 2.75) is 13.5 Å². The van der Waals surface area contributed by atoms with Gasteiger partial charge in [-0.05, 0) is 43.3 Å². The van der Waals surface area contributed by atoms with Crippen molar-refractivity contribution in [3.8, 4) is 17.0 Å². The summed E-state index contributed by atoms with van der Waals surface area (Å²) >= 11 is 0. The van der Waals surface area contributed by atoms with Crippen molar-refractivity contribution >= 4 is 11.5 Å². The molecule has 2 N–H and O–H groups in total. The number of hydrogen-bond acceptors (Lipinski definition) is 3. The van der Waals surface area contributed by atoms with E-state index in [1.165, 1.54) is 12.1 Å². The van der Waals surface area contributed by atoms with Crippen LogP contribution in [0.25, 0.3) is 16.9 Å². The lowest BCUT2D eigenvalue weighted by Crippen LogP contribution is -2.01. The number of anilines is 1. The Labute approximate surface area is 119 Å². The number of rotatable bonds is 3. The van der Waals surface area contributed by atoms with Crippen LogP contribution in [-0.4, -0.2) is 16.0 Å². The second kappa shape index (κ2) is 5.05. The topological polar surface area (TPSA) is 52.5 Å². The SMILES string of the molecule is Cc1cccc2nc(-c3ccc(OC(F)F)cc3)c(N)n12. The molecule has 108 valence electrons. The average molecular weight is 289 g/mol. The van der Waals surface area contributed by atoms with Crippen LogP contribution in [0.3, 0.4) is 0 Å². The zero-order valence-corrected chi connectivity index (χ0v) is 11.3. The number of halogens is 2. The van der Waals surface area contributed by atoms with Crippen molar-refractivity contribution in [3.63, 3.8) is 0 Å². The monoisotopic (exact) mass is 289 g/mol. The summed E-state index contributed by atoms with van der Waals surface area (Å²) in [5, 5.41) is 0. The standard InChI is InChI=1S/C15H13F2N3O/c1-9-3-2-4-12-19-13(14(18)20(9)12)10-5-7-11(8-6-10)21-15(16)17/h2-8,15H,18H2,1H3. The van der Waals surface area contributed by atoms with Crippen LogP contribution in [0.15, 0.2) is 42.5 Å². The molecule has 0 aliphatic carbocycles. The third-order valence-electron chi connectivity index (χ3n) is 3.23. The van der Waals surface area contributed by atoms with E-state index in [9.17, 15) is 8.78 Å². The number of aryl methyl sites for hydroxylation is 1. The van der Waals surface area contributed by atoms with Crippen LogP contribution in [0.4, 0.5) is 14.6 Å². The molecule has 0 saturated heterocycles. The Kier molecular flexibility index (Phi) is 3.21. The van der Waals surface area contributed by atoms with Gasteiger partial charge in [0.15, 0.2) is 0 Å². The number of nitrogen functional groups attached to an aromatic ring is 1. The fourth-order valence-corrected chi connectivity index (χ4v) is 2.29. The summed E-state index contributed by atoms with van der Waals surface area (Å²) < 4.78 is 30.4. The molecule has 0 unspecified atom stereocenters. The molecule has 6 heteroatoms. The van der Waals surface area contributed by atoms with Gasteiger partial charge >= 0.3 is 6.61 Å². The summed E-state index contributed by atoms with van der Waals surface area (Å²) in [4.78, 5) is 4.48. The average Bonchev–Trinajstić information content (AvgIpc) is 2.78. The van der Waals surface area contributed by atoms with E-state index in [1.54, 1.807) is 12.1 Å². The van der Waals surface area contributed by atoms with Gasteiger partial charge < -0.3 is 10.5 Å². The fraction of sp³-hybridized carbons (Fsp3) is 0.133. The second-order valence-electron chi connectivity index (χ2n) is 4.61. The van der Waals surface area contributed by atoms with Crippen LogP contribution in [0.5, 0.6) is 5.75 Å². The van der Waals surface area contributed by atoms with E-state index in [1.807, 2.05) is 29.5 Å². The molecule has 0 atom stereocenters. The highest BCUT2D eigenvalue weighted by atomic mass is 19.3. The molecule has 0 saturated carbocycles. The van der Waals surface area contributed by atoms with E-state index >= 15 is 0 Å². The molecular formula is C15H13F2N3O. The lowest BCUT2D eigenvalue weighted by molar-refractivity contribution is -0.0498. The summed E-state index contributed by atoms with van der Waals surface area (Å²) in [6, 6.07) is 12.0. The second-order valence-corrected chi connectivity index (χ2v) is 4.61. The number of aromatic nitrogens is 2. The number of nitrogens with two attached hydrogens (primary N) is 1. The predicted molar refractivity (Wildman–Crippen MR) is 76.4 cm³/mol. The smallest absolute Gasteiger partial charge is 0.387 e. The van der Waals surface area contributed by atoms with E-state index in [0.717, 1.165) is 16.9 Å². The highest BCUT2D eigenvalue weighted by molar-refractivity contribution is 5.75. The minimum absolute atomic E-state index is 0.104. The van der Waals surface area contributed by atoms with Crippen molar-refractivity contribution in [3.05, 3.63) is 48.2 Å². The minimum Gasteiger partial charge on any atom is -0.435 e. The number of imidazole rings is 1. The van der Waals surface area contributed by atoms with E-state index < -0.39 is 6.61 Å². The van der Waals surface area contributed by atoms with Crippen LogP contribution in [0.1, 0.15) is 5.69 Å². The first-order chi connectivity index (χ1) is 10.1. The zero-order valence-electron chi connectivity index (χ0n) is 11.3. The van der Waals surface area contributed by atoms with E-state index in [0.29, 0.717) is 11.5 Å². The van der Waals surface area contributed by atoms with Gasteiger partial charge in [-0.1, -0.05) is 6.07 Å². The summed E-state index contributed by atoms with van der Waals surface area (Å²) in [7, 11) is 0. The van der Waals surface area contributed by atoms with Gasteiger partial charge in [0.1, 0.15) is 22.9 Å². The zero-order chi connectivity index (χ0) is 15.0. The van der Waals surface area contributed by atoms with Crippen molar-refractivity contribution in [1.82, 2.24) is 9.38 Å². The van der Waals surface area contributed by atoms with Crippen LogP contribution >= 0.6 is 0 Å². The molecule has 21 heavy (non-hydrogen) atoms. The maximum absolute atomic E-state index is 12.1. The summed E-state index contributed by atoms with van der Waals surface area (Å²) in [5.74, 6) is 0.623. The molecule has 0 amide bonds. The molecule has 0 spiro atoms. The molecule has 3 aromatic rings. The van der Waals surface area contributed by atoms with Crippen LogP contribution in [0.2, 0.25) is 0 Å². The normalized spacial score (nSPS) is 11.2. The Morgan fingerprint density at radius 1 is 1.14 bits per heavy atom. The van der Waals surface area contributed by atoms with Gasteiger partial charge in [0.25, 0.3) is 0 Å². The van der Waals surface area contributed by atoms with Crippen LogP contribution < -0.4 is 10.5 Å². The lowest BCUT2D eigenvalue weighted by Gasteiger charge is -2.05. The molecule has 0 aliphatic heterocycles. The fourth-order valence-electron chi connectivity index (χ4n) is 2.29. The number of ether oxygens (including phenoxy) is 1. The molecule has 2 aromatic heterocycles. The molecule has 4 nitrogen and oxygen atoms in total. The molecule has 0 bridgehead atoms. The lowest BCUT2D eigenvalue weighted by atomic mass is 10.1. The van der Waals surface area contributed by atoms with E-state index in [2.05, 4.69) is 9.72 Å². The molecule has 1 aromatic carbocycles. The summed E-state index contributed by atoms with van der Waals surface area (Å²) in [6.45, 7) is -0.896. The molecular weight excluding hydrogens is 276 g/mol. The maximum Gasteiger partial charge on any atom is 0.387 e. The Balaban J connectivity index is 2.04.